The summed E-state index contributed by atoms with van der Waals surface area (Å²) in [5.74, 6) is -0.216. The molecule has 5 heteroatoms. The van der Waals surface area contributed by atoms with E-state index in [-0.39, 0.29) is 5.97 Å². The van der Waals surface area contributed by atoms with Gasteiger partial charge in [-0.3, -0.25) is 0 Å². The highest BCUT2D eigenvalue weighted by Crippen LogP contribution is 2.25. The Morgan fingerprint density at radius 1 is 1.36 bits per heavy atom. The summed E-state index contributed by atoms with van der Waals surface area (Å²) in [7, 11) is 0. The molecule has 0 bridgehead atoms. The Balaban J connectivity index is 3.95. The maximum absolute atomic E-state index is 11.0. The van der Waals surface area contributed by atoms with E-state index in [1.165, 1.54) is 0 Å². The van der Waals surface area contributed by atoms with Crippen LogP contribution in [0.3, 0.4) is 0 Å². The van der Waals surface area contributed by atoms with Crippen LogP contribution < -0.4 is 0 Å². The normalized spacial score (nSPS) is 9.09. The van der Waals surface area contributed by atoms with E-state index in [1.54, 1.807) is 0 Å². The first-order chi connectivity index (χ1) is 5.09. The highest BCUT2D eigenvalue weighted by atomic mass is 127. The van der Waals surface area contributed by atoms with Gasteiger partial charge in [-0.1, -0.05) is 6.92 Å². The van der Waals surface area contributed by atoms with Crippen LogP contribution in [-0.4, -0.2) is 12.6 Å². The van der Waals surface area contributed by atoms with Crippen molar-refractivity contribution in [2.75, 3.05) is 6.61 Å². The fraction of sp³-hybridized carbons (Fsp3) is 0.500. The molecule has 0 radical (unpaired) electrons. The largest absolute Gasteiger partial charge is 0.462 e. The maximum Gasteiger partial charge on any atom is 0.345 e. The van der Waals surface area contributed by atoms with Crippen molar-refractivity contribution in [2.45, 2.75) is 13.3 Å². The van der Waals surface area contributed by atoms with Crippen LogP contribution in [-0.2, 0) is 9.53 Å². The third kappa shape index (κ3) is 5.61. The molecule has 0 atom stereocenters. The lowest BCUT2D eigenvalue weighted by atomic mass is 10.5. The van der Waals surface area contributed by atoms with Crippen molar-refractivity contribution in [1.82, 2.24) is 0 Å². The van der Waals surface area contributed by atoms with Crippen LogP contribution in [0.4, 0.5) is 0 Å². The zero-order valence-electron chi connectivity index (χ0n) is 5.86. The van der Waals surface area contributed by atoms with E-state index in [4.69, 9.17) is 4.74 Å². The fourth-order valence-corrected chi connectivity index (χ4v) is 0.931. The van der Waals surface area contributed by atoms with Crippen molar-refractivity contribution < 1.29 is 9.53 Å². The van der Waals surface area contributed by atoms with Crippen LogP contribution in [0.5, 0.6) is 0 Å². The zero-order chi connectivity index (χ0) is 8.85. The number of carbonyl (C=O) groups is 1. The lowest BCUT2D eigenvalue weighted by Gasteiger charge is -2.00. The van der Waals surface area contributed by atoms with E-state index < -0.39 is 0 Å². The van der Waals surface area contributed by atoms with E-state index in [9.17, 15) is 4.79 Å². The minimum Gasteiger partial charge on any atom is -0.462 e. The highest BCUT2D eigenvalue weighted by Gasteiger charge is 2.09. The van der Waals surface area contributed by atoms with E-state index in [1.807, 2.05) is 29.5 Å². The van der Waals surface area contributed by atoms with Gasteiger partial charge in [0.25, 0.3) is 0 Å². The fourth-order valence-electron chi connectivity index (χ4n) is 0.335. The van der Waals surface area contributed by atoms with Gasteiger partial charge >= 0.3 is 5.97 Å². The molecule has 0 saturated carbocycles. The molecule has 0 aromatic rings. The Hall–Kier alpha value is 1.40. The minimum atomic E-state index is -0.216. The molecular formula is C6H7I3O2. The average Bonchev–Trinajstić information content (AvgIpc) is 1.98. The number of hydrogen-bond donors (Lipinski definition) is 0. The van der Waals surface area contributed by atoms with Crippen LogP contribution >= 0.6 is 67.8 Å². The zero-order valence-corrected chi connectivity index (χ0v) is 12.3. The predicted octanol–water partition coefficient (Wildman–Crippen LogP) is 3.41. The third-order valence-corrected chi connectivity index (χ3v) is 4.91. The van der Waals surface area contributed by atoms with Gasteiger partial charge in [-0.15, -0.1) is 0 Å². The monoisotopic (exact) mass is 492 g/mol. The second kappa shape index (κ2) is 6.87. The van der Waals surface area contributed by atoms with Gasteiger partial charge in [0.05, 0.1) is 8.19 Å². The molecule has 0 unspecified atom stereocenters. The number of ether oxygens (including phenoxy) is 1. The number of esters is 1. The molecule has 0 aromatic heterocycles. The lowest BCUT2D eigenvalue weighted by molar-refractivity contribution is -0.137. The molecule has 0 aliphatic rings. The summed E-state index contributed by atoms with van der Waals surface area (Å²) >= 11 is 6.17. The van der Waals surface area contributed by atoms with Gasteiger partial charge in [-0.25, -0.2) is 4.79 Å². The topological polar surface area (TPSA) is 26.3 Å². The van der Waals surface area contributed by atoms with Crippen molar-refractivity contribution in [3.05, 3.63) is 5.17 Å². The van der Waals surface area contributed by atoms with Gasteiger partial charge in [-0.05, 0) is 74.2 Å². The average molecular weight is 492 g/mol. The molecular weight excluding hydrogens is 485 g/mol. The first-order valence-electron chi connectivity index (χ1n) is 2.97. The lowest BCUT2D eigenvalue weighted by Crippen LogP contribution is -2.04. The third-order valence-electron chi connectivity index (χ3n) is 0.782. The molecule has 64 valence electrons. The first-order valence-corrected chi connectivity index (χ1v) is 6.21. The molecule has 0 heterocycles. The van der Waals surface area contributed by atoms with Crippen LogP contribution in [0.25, 0.3) is 0 Å². The van der Waals surface area contributed by atoms with E-state index in [2.05, 4.69) is 45.2 Å². The maximum atomic E-state index is 11.0. The van der Waals surface area contributed by atoms with Gasteiger partial charge in [0.15, 0.2) is 0 Å². The SMILES string of the molecule is CCCOC(=O)C(I)=C(I)I. The van der Waals surface area contributed by atoms with Gasteiger partial charge in [0.2, 0.25) is 0 Å². The van der Waals surface area contributed by atoms with Crippen LogP contribution in [0.2, 0.25) is 0 Å². The molecule has 0 spiro atoms. The summed E-state index contributed by atoms with van der Waals surface area (Å²) in [5.41, 5.74) is 0. The molecule has 2 nitrogen and oxygen atoms in total. The number of rotatable bonds is 3. The molecule has 0 amide bonds. The summed E-state index contributed by atoms with van der Waals surface area (Å²) < 4.78 is 6.51. The number of halogens is 3. The minimum absolute atomic E-state index is 0.216. The van der Waals surface area contributed by atoms with E-state index >= 15 is 0 Å². The summed E-state index contributed by atoms with van der Waals surface area (Å²) in [5, 5.41) is 0. The Bertz CT molecular complexity index is 173. The Labute approximate surface area is 107 Å². The summed E-state index contributed by atoms with van der Waals surface area (Å²) in [6.45, 7) is 2.48. The van der Waals surface area contributed by atoms with Gasteiger partial charge in [0, 0.05) is 0 Å². The molecule has 0 aliphatic heterocycles. The summed E-state index contributed by atoms with van der Waals surface area (Å²) in [4.78, 5) is 11.0. The second-order valence-electron chi connectivity index (χ2n) is 1.71. The van der Waals surface area contributed by atoms with Gasteiger partial charge < -0.3 is 4.74 Å². The van der Waals surface area contributed by atoms with Crippen LogP contribution in [0, 0.1) is 0 Å². The molecule has 0 fully saturated rings. The van der Waals surface area contributed by atoms with E-state index in [0.717, 1.165) is 8.01 Å². The predicted molar refractivity (Wildman–Crippen MR) is 70.3 cm³/mol. The van der Waals surface area contributed by atoms with Crippen molar-refractivity contribution in [2.24, 2.45) is 0 Å². The number of hydrogen-bond acceptors (Lipinski definition) is 2. The second-order valence-corrected chi connectivity index (χ2v) is 7.01. The van der Waals surface area contributed by atoms with Crippen LogP contribution in [0.15, 0.2) is 5.17 Å². The molecule has 0 aliphatic carbocycles. The summed E-state index contributed by atoms with van der Waals surface area (Å²) in [6, 6.07) is 0. The molecule has 11 heavy (non-hydrogen) atoms. The van der Waals surface area contributed by atoms with Gasteiger partial charge in [-0.2, -0.15) is 0 Å². The molecule has 0 aromatic carbocycles. The van der Waals surface area contributed by atoms with Crippen LogP contribution in [0.1, 0.15) is 13.3 Å². The molecule has 0 N–H and O–H groups in total. The smallest absolute Gasteiger partial charge is 0.345 e. The van der Waals surface area contributed by atoms with Crippen molar-refractivity contribution in [3.63, 3.8) is 0 Å². The Morgan fingerprint density at radius 2 is 1.91 bits per heavy atom. The van der Waals surface area contributed by atoms with Crippen molar-refractivity contribution >= 4 is 73.7 Å². The number of carbonyl (C=O) groups excluding carboxylic acids is 1. The van der Waals surface area contributed by atoms with Crippen molar-refractivity contribution in [3.8, 4) is 0 Å². The molecule has 0 rings (SSSR count). The Kier molecular flexibility index (Phi) is 7.74. The highest BCUT2D eigenvalue weighted by molar-refractivity contribution is 14.2. The Morgan fingerprint density at radius 3 is 2.27 bits per heavy atom. The van der Waals surface area contributed by atoms with Crippen molar-refractivity contribution in [1.29, 1.82) is 0 Å². The van der Waals surface area contributed by atoms with E-state index in [0.29, 0.717) is 10.2 Å². The summed E-state index contributed by atoms with van der Waals surface area (Å²) in [6.07, 6.45) is 0.869. The standard InChI is InChI=1S/C6H7I3O2/c1-2-3-11-6(10)4(7)5(8)9/h2-3H2,1H3. The quantitative estimate of drug-likeness (QED) is 0.344. The first kappa shape index (κ1) is 12.4. The van der Waals surface area contributed by atoms with Gasteiger partial charge in [0.1, 0.15) is 3.58 Å². The molecule has 0 saturated heterocycles.